The van der Waals surface area contributed by atoms with Crippen molar-refractivity contribution in [1.82, 2.24) is 4.90 Å². The van der Waals surface area contributed by atoms with Gasteiger partial charge in [0.1, 0.15) is 17.1 Å². The van der Waals surface area contributed by atoms with Crippen LogP contribution in [0.15, 0.2) is 54.6 Å². The summed E-state index contributed by atoms with van der Waals surface area (Å²) in [6, 6.07) is 17.0. The minimum absolute atomic E-state index is 0.0225. The van der Waals surface area contributed by atoms with E-state index in [1.165, 1.54) is 0 Å². The summed E-state index contributed by atoms with van der Waals surface area (Å²) in [5.41, 5.74) is 0.498. The zero-order valence-electron chi connectivity index (χ0n) is 16.8. The minimum atomic E-state index is -0.260. The van der Waals surface area contributed by atoms with Crippen molar-refractivity contribution >= 4 is 11.6 Å². The maximum atomic E-state index is 12.6. The van der Waals surface area contributed by atoms with Gasteiger partial charge in [-0.3, -0.25) is 9.69 Å². The highest BCUT2D eigenvalue weighted by Gasteiger charge is 2.47. The molecule has 2 aromatic carbocycles. The van der Waals surface area contributed by atoms with E-state index >= 15 is 0 Å². The van der Waals surface area contributed by atoms with Crippen molar-refractivity contribution in [3.63, 3.8) is 0 Å². The summed E-state index contributed by atoms with van der Waals surface area (Å²) in [4.78, 5) is 14.7. The summed E-state index contributed by atoms with van der Waals surface area (Å²) in [6.07, 6.45) is 3.04. The number of hydrogen-bond acceptors (Lipinski definition) is 5. The smallest absolute Gasteiger partial charge is 0.238 e. The lowest BCUT2D eigenvalue weighted by atomic mass is 9.87. The van der Waals surface area contributed by atoms with Crippen molar-refractivity contribution < 1.29 is 19.0 Å². The topological polar surface area (TPSA) is 60.0 Å². The van der Waals surface area contributed by atoms with Gasteiger partial charge in [-0.15, -0.1) is 0 Å². The van der Waals surface area contributed by atoms with Crippen LogP contribution in [0.1, 0.15) is 19.3 Å². The molecule has 2 atom stereocenters. The van der Waals surface area contributed by atoms with Gasteiger partial charge in [-0.05, 0) is 55.7 Å². The maximum absolute atomic E-state index is 12.6. The van der Waals surface area contributed by atoms with E-state index in [-0.39, 0.29) is 17.6 Å². The lowest BCUT2D eigenvalue weighted by Gasteiger charge is -2.44. The Labute approximate surface area is 171 Å². The fourth-order valence-corrected chi connectivity index (χ4v) is 4.32. The highest BCUT2D eigenvalue weighted by atomic mass is 16.6. The lowest BCUT2D eigenvalue weighted by Crippen LogP contribution is -2.58. The highest BCUT2D eigenvalue weighted by molar-refractivity contribution is 5.92. The van der Waals surface area contributed by atoms with E-state index in [4.69, 9.17) is 14.2 Å². The lowest BCUT2D eigenvalue weighted by molar-refractivity contribution is -0.146. The first-order valence-electron chi connectivity index (χ1n) is 10.2. The zero-order chi connectivity index (χ0) is 20.1. The Morgan fingerprint density at radius 3 is 2.62 bits per heavy atom. The van der Waals surface area contributed by atoms with Gasteiger partial charge in [0.15, 0.2) is 0 Å². The molecule has 0 aliphatic carbocycles. The number of nitrogens with one attached hydrogen (secondary N) is 1. The van der Waals surface area contributed by atoms with Gasteiger partial charge in [0.05, 0.1) is 12.6 Å². The van der Waals surface area contributed by atoms with Crippen LogP contribution in [0.4, 0.5) is 5.69 Å². The fraction of sp³-hybridized carbons (Fsp3) is 0.435. The molecule has 0 unspecified atom stereocenters. The van der Waals surface area contributed by atoms with E-state index in [9.17, 15) is 4.79 Å². The predicted octanol–water partition coefficient (Wildman–Crippen LogP) is 3.69. The average molecular weight is 396 g/mol. The van der Waals surface area contributed by atoms with Gasteiger partial charge in [0, 0.05) is 32.5 Å². The van der Waals surface area contributed by atoms with E-state index in [2.05, 4.69) is 10.2 Å². The number of amides is 1. The quantitative estimate of drug-likeness (QED) is 0.807. The van der Waals surface area contributed by atoms with E-state index < -0.39 is 0 Å². The summed E-state index contributed by atoms with van der Waals surface area (Å²) in [7, 11) is 1.75. The first-order valence-corrected chi connectivity index (χ1v) is 10.2. The summed E-state index contributed by atoms with van der Waals surface area (Å²) >= 11 is 0. The van der Waals surface area contributed by atoms with Crippen LogP contribution in [-0.4, -0.2) is 55.9 Å². The highest BCUT2D eigenvalue weighted by Crippen LogP contribution is 2.36. The monoisotopic (exact) mass is 396 g/mol. The van der Waals surface area contributed by atoms with Crippen molar-refractivity contribution in [2.45, 2.75) is 31.0 Å². The molecule has 6 nitrogen and oxygen atoms in total. The number of nitrogens with zero attached hydrogens (tertiary/aromatic N) is 1. The molecule has 4 rings (SSSR count). The molecule has 2 saturated heterocycles. The van der Waals surface area contributed by atoms with Crippen LogP contribution >= 0.6 is 0 Å². The Morgan fingerprint density at radius 2 is 1.93 bits per heavy atom. The van der Waals surface area contributed by atoms with Crippen LogP contribution in [0, 0.1) is 0 Å². The van der Waals surface area contributed by atoms with Crippen molar-refractivity contribution in [2.24, 2.45) is 0 Å². The van der Waals surface area contributed by atoms with E-state index in [1.807, 2.05) is 54.6 Å². The number of likely N-dealkylation sites (tertiary alicyclic amines) is 1. The largest absolute Gasteiger partial charge is 0.457 e. The third-order valence-electron chi connectivity index (χ3n) is 5.69. The molecule has 2 aromatic rings. The molecular weight excluding hydrogens is 368 g/mol. The Hall–Kier alpha value is -2.41. The van der Waals surface area contributed by atoms with E-state index in [1.54, 1.807) is 7.11 Å². The molecule has 0 saturated carbocycles. The molecule has 2 aliphatic rings. The molecule has 1 amide bonds. The number of benzene rings is 2. The van der Waals surface area contributed by atoms with Crippen LogP contribution in [0.3, 0.4) is 0 Å². The number of anilines is 1. The second-order valence-corrected chi connectivity index (χ2v) is 7.73. The SMILES string of the molecule is CO[C@@H]1CCN(CC(=O)Nc2ccc(Oc3ccccc3)cc2)C[C@]12CCCO2. The zero-order valence-corrected chi connectivity index (χ0v) is 16.8. The third kappa shape index (κ3) is 4.78. The second kappa shape index (κ2) is 8.95. The number of ether oxygens (including phenoxy) is 3. The molecule has 1 spiro atoms. The van der Waals surface area contributed by atoms with Gasteiger partial charge in [-0.2, -0.15) is 0 Å². The van der Waals surface area contributed by atoms with Gasteiger partial charge in [-0.25, -0.2) is 0 Å². The molecule has 6 heteroatoms. The predicted molar refractivity (Wildman–Crippen MR) is 111 cm³/mol. The van der Waals surface area contributed by atoms with Crippen LogP contribution in [0.2, 0.25) is 0 Å². The molecule has 29 heavy (non-hydrogen) atoms. The average Bonchev–Trinajstić information content (AvgIpc) is 3.19. The number of rotatable bonds is 6. The van der Waals surface area contributed by atoms with Crippen molar-refractivity contribution in [1.29, 1.82) is 0 Å². The molecule has 2 heterocycles. The number of methoxy groups -OCH3 is 1. The summed E-state index contributed by atoms with van der Waals surface area (Å²) in [5, 5.41) is 2.98. The molecule has 2 aliphatic heterocycles. The molecule has 0 aromatic heterocycles. The minimum Gasteiger partial charge on any atom is -0.457 e. The summed E-state index contributed by atoms with van der Waals surface area (Å²) in [6.45, 7) is 2.70. The first-order chi connectivity index (χ1) is 14.2. The number of para-hydroxylation sites is 1. The Balaban J connectivity index is 1.30. The van der Waals surface area contributed by atoms with Gasteiger partial charge in [0.25, 0.3) is 0 Å². The normalized spacial score (nSPS) is 24.5. The Bertz CT molecular complexity index is 803. The van der Waals surface area contributed by atoms with Crippen LogP contribution in [-0.2, 0) is 14.3 Å². The standard InChI is InChI=1S/C23H28N2O4/c1-27-21-12-14-25(17-23(21)13-5-15-28-23)16-22(26)24-18-8-10-20(11-9-18)29-19-6-3-2-4-7-19/h2-4,6-11,21H,5,12-17H2,1H3,(H,24,26)/t21-,23-/m1/s1. The Morgan fingerprint density at radius 1 is 1.17 bits per heavy atom. The molecule has 154 valence electrons. The van der Waals surface area contributed by atoms with Gasteiger partial charge in [-0.1, -0.05) is 18.2 Å². The van der Waals surface area contributed by atoms with Gasteiger partial charge >= 0.3 is 0 Å². The van der Waals surface area contributed by atoms with Crippen molar-refractivity contribution in [2.75, 3.05) is 38.7 Å². The van der Waals surface area contributed by atoms with Crippen LogP contribution < -0.4 is 10.1 Å². The number of carbonyl (C=O) groups is 1. The molecule has 2 fully saturated rings. The van der Waals surface area contributed by atoms with E-state index in [0.717, 1.165) is 56.1 Å². The van der Waals surface area contributed by atoms with Crippen molar-refractivity contribution in [3.8, 4) is 11.5 Å². The first kappa shape index (κ1) is 19.9. The molecule has 0 radical (unpaired) electrons. The Kier molecular flexibility index (Phi) is 6.13. The van der Waals surface area contributed by atoms with E-state index in [0.29, 0.717) is 6.54 Å². The summed E-state index contributed by atoms with van der Waals surface area (Å²) in [5.74, 6) is 1.49. The van der Waals surface area contributed by atoms with Gasteiger partial charge in [0.2, 0.25) is 5.91 Å². The summed E-state index contributed by atoms with van der Waals surface area (Å²) < 4.78 is 17.5. The fourth-order valence-electron chi connectivity index (χ4n) is 4.32. The van der Waals surface area contributed by atoms with Crippen LogP contribution in [0.25, 0.3) is 0 Å². The number of carbonyl (C=O) groups excluding carboxylic acids is 1. The van der Waals surface area contributed by atoms with Gasteiger partial charge < -0.3 is 19.5 Å². The molecule has 0 bridgehead atoms. The molecular formula is C23H28N2O4. The molecule has 1 N–H and O–H groups in total. The maximum Gasteiger partial charge on any atom is 0.238 e. The second-order valence-electron chi connectivity index (χ2n) is 7.73. The number of piperidine rings is 1. The van der Waals surface area contributed by atoms with Crippen LogP contribution in [0.5, 0.6) is 11.5 Å². The third-order valence-corrected chi connectivity index (χ3v) is 5.69. The van der Waals surface area contributed by atoms with Crippen molar-refractivity contribution in [3.05, 3.63) is 54.6 Å². The number of hydrogen-bond donors (Lipinski definition) is 1.